The zero-order valence-corrected chi connectivity index (χ0v) is 34.9. The monoisotopic (exact) mass is 878 g/mol. The maximum Gasteiger partial charge on any atom is 0.305 e. The first-order valence-corrected chi connectivity index (χ1v) is 20.2. The Labute approximate surface area is 351 Å². The number of rotatable bonds is 44. The molecule has 1 aliphatic rings. The van der Waals surface area contributed by atoms with E-state index in [1.165, 1.54) is 6.92 Å². The van der Waals surface area contributed by atoms with E-state index in [1.54, 1.807) is 0 Å². The molecule has 0 aromatic carbocycles. The molecule has 2 amide bonds. The lowest BCUT2D eigenvalue weighted by Crippen LogP contribution is -2.64. The molecule has 60 heavy (non-hydrogen) atoms. The van der Waals surface area contributed by atoms with Crippen LogP contribution in [0, 0.1) is 0 Å². The second kappa shape index (κ2) is 40.8. The average Bonchev–Trinajstić information content (AvgIpc) is 3.22. The summed E-state index contributed by atoms with van der Waals surface area (Å²) in [6.07, 6.45) is -5.33. The Hall–Kier alpha value is -2.27. The predicted octanol–water partition coefficient (Wildman–Crippen LogP) is -3.26. The zero-order chi connectivity index (χ0) is 43.7. The van der Waals surface area contributed by atoms with E-state index in [0.717, 1.165) is 0 Å². The van der Waals surface area contributed by atoms with Gasteiger partial charge in [-0.05, 0) is 0 Å². The van der Waals surface area contributed by atoms with Gasteiger partial charge >= 0.3 is 5.97 Å². The highest BCUT2D eigenvalue weighted by atomic mass is 16.7. The van der Waals surface area contributed by atoms with E-state index in [2.05, 4.69) is 10.6 Å². The Kier molecular flexibility index (Phi) is 37.9. The van der Waals surface area contributed by atoms with Crippen LogP contribution in [0.5, 0.6) is 0 Å². The second-order valence-electron chi connectivity index (χ2n) is 12.6. The van der Waals surface area contributed by atoms with Crippen LogP contribution in [-0.2, 0) is 80.7 Å². The van der Waals surface area contributed by atoms with Crippen molar-refractivity contribution in [3.05, 3.63) is 0 Å². The lowest BCUT2D eigenvalue weighted by Gasteiger charge is -2.42. The van der Waals surface area contributed by atoms with Gasteiger partial charge in [-0.1, -0.05) is 0 Å². The fourth-order valence-electron chi connectivity index (χ4n) is 4.76. The summed E-state index contributed by atoms with van der Waals surface area (Å²) < 4.78 is 75.7. The molecule has 0 aliphatic carbocycles. The third-order valence-corrected chi connectivity index (χ3v) is 7.75. The van der Waals surface area contributed by atoms with Crippen LogP contribution in [0.25, 0.3) is 0 Å². The molecule has 5 atom stereocenters. The van der Waals surface area contributed by atoms with E-state index in [-0.39, 0.29) is 26.2 Å². The van der Waals surface area contributed by atoms with Crippen molar-refractivity contribution < 1.29 is 101 Å². The van der Waals surface area contributed by atoms with Gasteiger partial charge in [0.15, 0.2) is 6.29 Å². The Balaban J connectivity index is 1.74. The number of aliphatic hydroxyl groups excluding tert-OH is 3. The first kappa shape index (κ1) is 55.7. The zero-order valence-electron chi connectivity index (χ0n) is 34.9. The Morgan fingerprint density at radius 3 is 1.17 bits per heavy atom. The highest BCUT2D eigenvalue weighted by Crippen LogP contribution is 2.22. The number of hydrogen-bond acceptors (Lipinski definition) is 20. The molecule has 354 valence electrons. The average molecular weight is 879 g/mol. The minimum atomic E-state index is -1.46. The molecule has 1 fully saturated rings. The SMILES string of the molecule is CC(=O)N[C@H]1[C@H](OCC(=O)NCCOCCOCCOCCOCCOCCOCCOCCOCCOCCOCCOCCOCCC(=O)O)O[C@H](CO)[C@@H](O)[C@@H]1O. The van der Waals surface area contributed by atoms with Crippen molar-refractivity contribution in [2.75, 3.05) is 178 Å². The van der Waals surface area contributed by atoms with Gasteiger partial charge in [-0.15, -0.1) is 0 Å². The summed E-state index contributed by atoms with van der Waals surface area (Å²) in [6.45, 7) is 10.1. The number of amides is 2. The minimum absolute atomic E-state index is 0.0158. The van der Waals surface area contributed by atoms with Gasteiger partial charge in [0.25, 0.3) is 0 Å². The fraction of sp³-hybridized carbons (Fsp3) is 0.919. The van der Waals surface area contributed by atoms with Gasteiger partial charge < -0.3 is 97.4 Å². The van der Waals surface area contributed by atoms with Crippen LogP contribution in [0.2, 0.25) is 0 Å². The van der Waals surface area contributed by atoms with Crippen LogP contribution >= 0.6 is 0 Å². The van der Waals surface area contributed by atoms with E-state index in [1.807, 2.05) is 0 Å². The van der Waals surface area contributed by atoms with Gasteiger partial charge in [-0.2, -0.15) is 0 Å². The van der Waals surface area contributed by atoms with Gasteiger partial charge in [-0.3, -0.25) is 14.4 Å². The molecule has 0 aromatic rings. The predicted molar refractivity (Wildman–Crippen MR) is 206 cm³/mol. The lowest BCUT2D eigenvalue weighted by atomic mass is 9.97. The van der Waals surface area contributed by atoms with Gasteiger partial charge in [0.05, 0.1) is 172 Å². The van der Waals surface area contributed by atoms with Crippen molar-refractivity contribution in [1.82, 2.24) is 10.6 Å². The van der Waals surface area contributed by atoms with Gasteiger partial charge in [-0.25, -0.2) is 0 Å². The molecular weight excluding hydrogens is 808 g/mol. The summed E-state index contributed by atoms with van der Waals surface area (Å²) in [5, 5.41) is 43.2. The Morgan fingerprint density at radius 2 is 0.850 bits per heavy atom. The van der Waals surface area contributed by atoms with Crippen LogP contribution in [0.3, 0.4) is 0 Å². The summed E-state index contributed by atoms with van der Waals surface area (Å²) >= 11 is 0. The van der Waals surface area contributed by atoms with Crippen molar-refractivity contribution in [3.63, 3.8) is 0 Å². The standard InChI is InChI=1S/C37H70N2O21/c1-30(41)39-34-36(46)35(45)31(28-40)60-37(34)59-29-32(42)38-3-5-48-7-9-50-11-13-52-15-17-54-19-21-56-23-25-58-27-26-57-24-22-55-20-18-53-16-14-51-12-10-49-8-6-47-4-2-33(43)44/h31,34-37,40,45-46H,2-29H2,1H3,(H,38,42)(H,39,41)(H,43,44)/t31-,34-,35-,36-,37-/m1/s1. The third kappa shape index (κ3) is 33.4. The van der Waals surface area contributed by atoms with Crippen molar-refractivity contribution in [2.24, 2.45) is 0 Å². The molecule has 1 heterocycles. The smallest absolute Gasteiger partial charge is 0.305 e. The molecule has 0 unspecified atom stereocenters. The van der Waals surface area contributed by atoms with E-state index >= 15 is 0 Å². The summed E-state index contributed by atoms with van der Waals surface area (Å²) in [4.78, 5) is 34.0. The van der Waals surface area contributed by atoms with Gasteiger partial charge in [0.1, 0.15) is 31.0 Å². The molecule has 0 radical (unpaired) electrons. The number of carboxylic acids is 1. The number of nitrogens with one attached hydrogen (secondary N) is 2. The normalized spacial score (nSPS) is 19.1. The van der Waals surface area contributed by atoms with Crippen LogP contribution < -0.4 is 10.6 Å². The summed E-state index contributed by atoms with van der Waals surface area (Å²) in [6, 6.07) is -1.13. The summed E-state index contributed by atoms with van der Waals surface area (Å²) in [7, 11) is 0. The molecule has 0 aromatic heterocycles. The quantitative estimate of drug-likeness (QED) is 0.0328. The topological polar surface area (TPSA) is 285 Å². The highest BCUT2D eigenvalue weighted by molar-refractivity contribution is 5.77. The van der Waals surface area contributed by atoms with Crippen molar-refractivity contribution in [2.45, 2.75) is 44.0 Å². The molecule has 1 aliphatic heterocycles. The molecule has 0 bridgehead atoms. The lowest BCUT2D eigenvalue weighted by molar-refractivity contribution is -0.268. The Morgan fingerprint density at radius 1 is 0.517 bits per heavy atom. The van der Waals surface area contributed by atoms with Crippen LogP contribution in [0.1, 0.15) is 13.3 Å². The number of carbonyl (C=O) groups is 3. The van der Waals surface area contributed by atoms with Crippen LogP contribution in [0.15, 0.2) is 0 Å². The largest absolute Gasteiger partial charge is 0.481 e. The van der Waals surface area contributed by atoms with Crippen LogP contribution in [-0.4, -0.2) is 247 Å². The molecular formula is C37H70N2O21. The number of carboxylic acid groups (broad SMARTS) is 1. The second-order valence-corrected chi connectivity index (χ2v) is 12.6. The van der Waals surface area contributed by atoms with Crippen molar-refractivity contribution in [1.29, 1.82) is 0 Å². The molecule has 0 saturated carbocycles. The maximum atomic E-state index is 12.1. The molecule has 0 spiro atoms. The minimum Gasteiger partial charge on any atom is -0.481 e. The van der Waals surface area contributed by atoms with Crippen molar-refractivity contribution in [3.8, 4) is 0 Å². The molecule has 23 heteroatoms. The van der Waals surface area contributed by atoms with Crippen molar-refractivity contribution >= 4 is 17.8 Å². The molecule has 1 saturated heterocycles. The third-order valence-electron chi connectivity index (χ3n) is 7.75. The van der Waals surface area contributed by atoms with Gasteiger partial charge in [0.2, 0.25) is 11.8 Å². The number of carbonyl (C=O) groups excluding carboxylic acids is 2. The number of aliphatic carboxylic acids is 1. The van der Waals surface area contributed by atoms with Gasteiger partial charge in [0, 0.05) is 13.5 Å². The maximum absolute atomic E-state index is 12.1. The molecule has 23 nitrogen and oxygen atoms in total. The van der Waals surface area contributed by atoms with E-state index in [0.29, 0.717) is 145 Å². The first-order valence-electron chi connectivity index (χ1n) is 20.2. The van der Waals surface area contributed by atoms with Crippen LogP contribution in [0.4, 0.5) is 0 Å². The van der Waals surface area contributed by atoms with E-state index in [4.69, 9.17) is 71.4 Å². The van der Waals surface area contributed by atoms with E-state index in [9.17, 15) is 29.7 Å². The fourth-order valence-corrected chi connectivity index (χ4v) is 4.76. The highest BCUT2D eigenvalue weighted by Gasteiger charge is 2.45. The summed E-state index contributed by atoms with van der Waals surface area (Å²) in [5.41, 5.74) is 0. The molecule has 6 N–H and O–H groups in total. The number of ether oxygens (including phenoxy) is 14. The Bertz CT molecular complexity index is 1020. The number of aliphatic hydroxyl groups is 3. The number of hydrogen-bond donors (Lipinski definition) is 6. The first-order chi connectivity index (χ1) is 29.3. The molecule has 1 rings (SSSR count). The summed E-state index contributed by atoms with van der Waals surface area (Å²) in [5.74, 6) is -1.87. The van der Waals surface area contributed by atoms with E-state index < -0.39 is 61.6 Å².